The average Bonchev–Trinajstić information content (AvgIpc) is 3.24. The van der Waals surface area contributed by atoms with E-state index in [4.69, 9.17) is 9.47 Å². The number of hydrogen-bond donors (Lipinski definition) is 1. The van der Waals surface area contributed by atoms with Crippen molar-refractivity contribution in [3.63, 3.8) is 0 Å². The van der Waals surface area contributed by atoms with Crippen molar-refractivity contribution in [3.8, 4) is 0 Å². The lowest BCUT2D eigenvalue weighted by Gasteiger charge is -2.42. The number of nitrogens with zero attached hydrogens (tertiary/aromatic N) is 2. The Morgan fingerprint density at radius 3 is 2.72 bits per heavy atom. The lowest BCUT2D eigenvalue weighted by atomic mass is 9.94. The van der Waals surface area contributed by atoms with Gasteiger partial charge in [-0.2, -0.15) is 0 Å². The van der Waals surface area contributed by atoms with Crippen molar-refractivity contribution in [2.45, 2.75) is 44.7 Å². The van der Waals surface area contributed by atoms with Gasteiger partial charge in [-0.3, -0.25) is 9.59 Å². The van der Waals surface area contributed by atoms with E-state index in [1.54, 1.807) is 9.80 Å². The van der Waals surface area contributed by atoms with Crippen molar-refractivity contribution in [2.24, 2.45) is 0 Å². The third kappa shape index (κ3) is 4.52. The van der Waals surface area contributed by atoms with Crippen molar-refractivity contribution >= 4 is 11.7 Å². The molecule has 9 heteroatoms. The molecule has 188 valence electrons. The van der Waals surface area contributed by atoms with Gasteiger partial charge in [0.2, 0.25) is 0 Å². The molecule has 36 heavy (non-hydrogen) atoms. The van der Waals surface area contributed by atoms with Crippen molar-refractivity contribution in [2.75, 3.05) is 13.2 Å². The number of carbonyl (C=O) groups excluding carboxylic acids is 2. The summed E-state index contributed by atoms with van der Waals surface area (Å²) in [6, 6.07) is 12.3. The van der Waals surface area contributed by atoms with E-state index in [-0.39, 0.29) is 60.5 Å². The summed E-state index contributed by atoms with van der Waals surface area (Å²) >= 11 is 0. The molecule has 2 fully saturated rings. The fraction of sp³-hybridized carbons (Fsp3) is 0.333. The van der Waals surface area contributed by atoms with Crippen LogP contribution in [-0.4, -0.2) is 58.1 Å². The lowest BCUT2D eigenvalue weighted by molar-refractivity contribution is -0.141. The van der Waals surface area contributed by atoms with E-state index in [2.05, 4.69) is 0 Å². The fourth-order valence-electron chi connectivity index (χ4n) is 4.77. The molecule has 0 bridgehead atoms. The Hall–Kier alpha value is -3.56. The van der Waals surface area contributed by atoms with Gasteiger partial charge in [-0.05, 0) is 30.5 Å². The Morgan fingerprint density at radius 1 is 1.19 bits per heavy atom. The van der Waals surface area contributed by atoms with Crippen LogP contribution in [0.2, 0.25) is 0 Å². The standard InChI is InChI=1S/C27H26F2N2O5/c1-16-14-35-23-13-30-12-20(22(32)10-8-18-7-9-19(28)11-21(18)29)25(33)26(24(30)27(34)31(16)23)36-15-17-5-3-2-4-6-17/h2-7,9,11-12,16,23,25,33H,8,10,13-15H2,1H3/t16-,23+,25?/m1/s1. The maximum atomic E-state index is 14.1. The molecule has 1 amide bonds. The second-order valence-electron chi connectivity index (χ2n) is 9.13. The van der Waals surface area contributed by atoms with Gasteiger partial charge in [0.15, 0.2) is 17.8 Å². The first-order valence-corrected chi connectivity index (χ1v) is 11.8. The number of ketones is 1. The van der Waals surface area contributed by atoms with Crippen LogP contribution < -0.4 is 0 Å². The number of hydrogen-bond acceptors (Lipinski definition) is 6. The Morgan fingerprint density at radius 2 is 1.97 bits per heavy atom. The van der Waals surface area contributed by atoms with Crippen molar-refractivity contribution < 1.29 is 33.0 Å². The van der Waals surface area contributed by atoms with Gasteiger partial charge in [0.25, 0.3) is 5.91 Å². The second kappa shape index (κ2) is 9.83. The van der Waals surface area contributed by atoms with Crippen LogP contribution in [0.25, 0.3) is 0 Å². The number of rotatable bonds is 7. The highest BCUT2D eigenvalue weighted by molar-refractivity contribution is 6.00. The van der Waals surface area contributed by atoms with E-state index in [1.165, 1.54) is 12.3 Å². The quantitative estimate of drug-likeness (QED) is 0.635. The molecule has 2 saturated heterocycles. The molecule has 3 aliphatic heterocycles. The number of aryl methyl sites for hydroxylation is 1. The molecule has 3 aliphatic rings. The number of Topliss-reactive ketones (excluding diaryl/α,β-unsaturated/α-hetero) is 1. The third-order valence-electron chi connectivity index (χ3n) is 6.66. The minimum atomic E-state index is -1.47. The van der Waals surface area contributed by atoms with Crippen LogP contribution >= 0.6 is 0 Å². The van der Waals surface area contributed by atoms with E-state index < -0.39 is 29.7 Å². The average molecular weight is 497 g/mol. The van der Waals surface area contributed by atoms with Gasteiger partial charge >= 0.3 is 0 Å². The van der Waals surface area contributed by atoms with Gasteiger partial charge < -0.3 is 24.4 Å². The summed E-state index contributed by atoms with van der Waals surface area (Å²) in [5.74, 6) is -2.20. The molecule has 1 unspecified atom stereocenters. The van der Waals surface area contributed by atoms with Gasteiger partial charge in [-0.1, -0.05) is 36.4 Å². The normalized spacial score (nSPS) is 23.4. The van der Waals surface area contributed by atoms with Gasteiger partial charge in [0.1, 0.15) is 30.0 Å². The highest BCUT2D eigenvalue weighted by Crippen LogP contribution is 2.36. The first kappa shape index (κ1) is 24.1. The maximum Gasteiger partial charge on any atom is 0.276 e. The first-order chi connectivity index (χ1) is 17.3. The zero-order valence-electron chi connectivity index (χ0n) is 19.7. The Bertz CT molecular complexity index is 1250. The molecule has 0 saturated carbocycles. The predicted octanol–water partition coefficient (Wildman–Crippen LogP) is 3.04. The number of piperazine rings is 1. The van der Waals surface area contributed by atoms with Crippen molar-refractivity contribution in [3.05, 3.63) is 94.5 Å². The molecule has 0 aliphatic carbocycles. The number of aliphatic hydroxyl groups excluding tert-OH is 1. The summed E-state index contributed by atoms with van der Waals surface area (Å²) in [5, 5.41) is 11.2. The molecular formula is C27H26F2N2O5. The maximum absolute atomic E-state index is 14.1. The smallest absolute Gasteiger partial charge is 0.276 e. The van der Waals surface area contributed by atoms with Gasteiger partial charge in [0.05, 0.1) is 19.2 Å². The minimum Gasteiger partial charge on any atom is -0.488 e. The zero-order valence-corrected chi connectivity index (χ0v) is 19.7. The monoisotopic (exact) mass is 496 g/mol. The van der Waals surface area contributed by atoms with E-state index in [0.717, 1.165) is 17.7 Å². The predicted molar refractivity (Wildman–Crippen MR) is 125 cm³/mol. The summed E-state index contributed by atoms with van der Waals surface area (Å²) in [5.41, 5.74) is 1.24. The molecule has 1 N–H and O–H groups in total. The van der Waals surface area contributed by atoms with Crippen molar-refractivity contribution in [1.82, 2.24) is 9.80 Å². The molecule has 5 rings (SSSR count). The van der Waals surface area contributed by atoms with Crippen LogP contribution in [0.15, 0.2) is 71.8 Å². The zero-order chi connectivity index (χ0) is 25.4. The highest BCUT2D eigenvalue weighted by Gasteiger charge is 2.48. The second-order valence-corrected chi connectivity index (χ2v) is 9.13. The molecular weight excluding hydrogens is 470 g/mol. The number of ether oxygens (including phenoxy) is 2. The largest absolute Gasteiger partial charge is 0.488 e. The number of benzene rings is 2. The SMILES string of the molecule is C[C@@H]1CO[C@H]2CN3C=C(C(=O)CCc4ccc(F)cc4F)C(O)C(OCc4ccccc4)=C3C(=O)N12. The first-order valence-electron chi connectivity index (χ1n) is 11.8. The summed E-state index contributed by atoms with van der Waals surface area (Å²) < 4.78 is 39.0. The highest BCUT2D eigenvalue weighted by atomic mass is 19.1. The molecule has 3 heterocycles. The van der Waals surface area contributed by atoms with Gasteiger partial charge in [-0.15, -0.1) is 0 Å². The van der Waals surface area contributed by atoms with E-state index in [0.29, 0.717) is 6.61 Å². The minimum absolute atomic E-state index is 0.000200. The third-order valence-corrected chi connectivity index (χ3v) is 6.66. The number of carbonyl (C=O) groups is 2. The van der Waals surface area contributed by atoms with Gasteiger partial charge in [-0.25, -0.2) is 8.78 Å². The summed E-state index contributed by atoms with van der Waals surface area (Å²) in [6.45, 7) is 2.64. The summed E-state index contributed by atoms with van der Waals surface area (Å²) in [7, 11) is 0. The number of amides is 1. The summed E-state index contributed by atoms with van der Waals surface area (Å²) in [6.07, 6.45) is -0.577. The number of fused-ring (bicyclic) bond motifs is 2. The van der Waals surface area contributed by atoms with Gasteiger partial charge in [0, 0.05) is 24.3 Å². The van der Waals surface area contributed by atoms with Crippen LogP contribution in [-0.2, 0) is 32.1 Å². The molecule has 0 aromatic heterocycles. The number of halogens is 2. The van der Waals surface area contributed by atoms with Crippen LogP contribution in [0.4, 0.5) is 8.78 Å². The molecule has 2 aromatic carbocycles. The number of aliphatic hydroxyl groups is 1. The fourth-order valence-corrected chi connectivity index (χ4v) is 4.77. The summed E-state index contributed by atoms with van der Waals surface area (Å²) in [4.78, 5) is 29.8. The Labute approximate surface area is 207 Å². The van der Waals surface area contributed by atoms with Crippen LogP contribution in [0.1, 0.15) is 24.5 Å². The van der Waals surface area contributed by atoms with Crippen LogP contribution in [0, 0.1) is 11.6 Å². The Kier molecular flexibility index (Phi) is 6.59. The van der Waals surface area contributed by atoms with E-state index >= 15 is 0 Å². The molecule has 2 aromatic rings. The Balaban J connectivity index is 1.42. The molecule has 3 atom stereocenters. The van der Waals surface area contributed by atoms with E-state index in [9.17, 15) is 23.5 Å². The van der Waals surface area contributed by atoms with E-state index in [1.807, 2.05) is 37.3 Å². The molecule has 0 spiro atoms. The molecule has 7 nitrogen and oxygen atoms in total. The van der Waals surface area contributed by atoms with Crippen molar-refractivity contribution in [1.29, 1.82) is 0 Å². The molecule has 0 radical (unpaired) electrons. The van der Waals surface area contributed by atoms with Crippen LogP contribution in [0.3, 0.4) is 0 Å². The van der Waals surface area contributed by atoms with Crippen LogP contribution in [0.5, 0.6) is 0 Å². The topological polar surface area (TPSA) is 79.3 Å². The lowest BCUT2D eigenvalue weighted by Crippen LogP contribution is -2.55.